The third-order valence-corrected chi connectivity index (χ3v) is 2.93. The van der Waals surface area contributed by atoms with Gasteiger partial charge in [-0.05, 0) is 18.2 Å². The van der Waals surface area contributed by atoms with Crippen LogP contribution in [0.5, 0.6) is 11.5 Å². The number of esters is 1. The van der Waals surface area contributed by atoms with Crippen LogP contribution in [0.15, 0.2) is 48.5 Å². The van der Waals surface area contributed by atoms with Gasteiger partial charge in [0.1, 0.15) is 11.5 Å². The SMILES string of the molecule is COc1cccc(OC2OC(=O)c3ccccc32)c1. The Morgan fingerprint density at radius 3 is 2.68 bits per heavy atom. The van der Waals surface area contributed by atoms with Crippen LogP contribution in [0, 0.1) is 0 Å². The van der Waals surface area contributed by atoms with Gasteiger partial charge in [-0.1, -0.05) is 24.3 Å². The second kappa shape index (κ2) is 4.65. The molecule has 1 atom stereocenters. The minimum atomic E-state index is -0.698. The zero-order chi connectivity index (χ0) is 13.2. The van der Waals surface area contributed by atoms with Gasteiger partial charge >= 0.3 is 5.97 Å². The summed E-state index contributed by atoms with van der Waals surface area (Å²) in [5.74, 6) is 0.924. The van der Waals surface area contributed by atoms with Crippen molar-refractivity contribution in [1.29, 1.82) is 0 Å². The Morgan fingerprint density at radius 1 is 1.05 bits per heavy atom. The number of rotatable bonds is 3. The molecule has 0 aromatic heterocycles. The summed E-state index contributed by atoms with van der Waals surface area (Å²) in [4.78, 5) is 11.7. The quantitative estimate of drug-likeness (QED) is 0.792. The summed E-state index contributed by atoms with van der Waals surface area (Å²) < 4.78 is 16.0. The van der Waals surface area contributed by atoms with E-state index in [0.717, 1.165) is 5.56 Å². The standard InChI is InChI=1S/C15H12O4/c1-17-10-5-4-6-11(9-10)18-15-13-8-3-2-7-12(13)14(16)19-15/h2-9,15H,1H3. The highest BCUT2D eigenvalue weighted by Gasteiger charge is 2.32. The zero-order valence-electron chi connectivity index (χ0n) is 10.3. The monoisotopic (exact) mass is 256 g/mol. The van der Waals surface area contributed by atoms with E-state index >= 15 is 0 Å². The van der Waals surface area contributed by atoms with Crippen molar-refractivity contribution in [3.63, 3.8) is 0 Å². The van der Waals surface area contributed by atoms with E-state index in [4.69, 9.17) is 14.2 Å². The predicted octanol–water partition coefficient (Wildman–Crippen LogP) is 2.94. The van der Waals surface area contributed by atoms with Gasteiger partial charge in [-0.15, -0.1) is 0 Å². The minimum absolute atomic E-state index is 0.358. The molecule has 0 saturated carbocycles. The fourth-order valence-electron chi connectivity index (χ4n) is 2.00. The van der Waals surface area contributed by atoms with Crippen LogP contribution in [0.3, 0.4) is 0 Å². The van der Waals surface area contributed by atoms with Gasteiger partial charge < -0.3 is 14.2 Å². The van der Waals surface area contributed by atoms with Gasteiger partial charge in [0, 0.05) is 11.6 Å². The molecule has 96 valence electrons. The molecule has 1 heterocycles. The van der Waals surface area contributed by atoms with Crippen LogP contribution in [0.4, 0.5) is 0 Å². The van der Waals surface area contributed by atoms with E-state index in [0.29, 0.717) is 17.1 Å². The molecule has 1 aliphatic heterocycles. The first-order chi connectivity index (χ1) is 9.28. The van der Waals surface area contributed by atoms with Crippen molar-refractivity contribution in [2.24, 2.45) is 0 Å². The lowest BCUT2D eigenvalue weighted by Crippen LogP contribution is -2.07. The van der Waals surface area contributed by atoms with Gasteiger partial charge in [0.15, 0.2) is 0 Å². The lowest BCUT2D eigenvalue weighted by molar-refractivity contribution is -0.0382. The third kappa shape index (κ3) is 2.12. The summed E-state index contributed by atoms with van der Waals surface area (Å²) in [5, 5.41) is 0. The molecule has 0 N–H and O–H groups in total. The van der Waals surface area contributed by atoms with Crippen LogP contribution >= 0.6 is 0 Å². The number of hydrogen-bond acceptors (Lipinski definition) is 4. The van der Waals surface area contributed by atoms with Crippen LogP contribution in [0.25, 0.3) is 0 Å². The van der Waals surface area contributed by atoms with Gasteiger partial charge in [-0.25, -0.2) is 4.79 Å². The van der Waals surface area contributed by atoms with E-state index in [-0.39, 0.29) is 5.97 Å². The van der Waals surface area contributed by atoms with Crippen molar-refractivity contribution in [3.05, 3.63) is 59.7 Å². The Hall–Kier alpha value is -2.49. The number of methoxy groups -OCH3 is 1. The first-order valence-electron chi connectivity index (χ1n) is 5.88. The molecule has 4 nitrogen and oxygen atoms in total. The van der Waals surface area contributed by atoms with Crippen molar-refractivity contribution < 1.29 is 19.0 Å². The summed E-state index contributed by atoms with van der Waals surface area (Å²) in [5.41, 5.74) is 1.30. The summed E-state index contributed by atoms with van der Waals surface area (Å²) in [6, 6.07) is 14.4. The maximum Gasteiger partial charge on any atom is 0.342 e. The molecule has 0 aliphatic carbocycles. The molecule has 0 amide bonds. The Labute approximate surface area is 110 Å². The molecule has 0 saturated heterocycles. The first-order valence-corrected chi connectivity index (χ1v) is 5.88. The number of carbonyl (C=O) groups excluding carboxylic acids is 1. The van der Waals surface area contributed by atoms with Crippen LogP contribution in [-0.2, 0) is 4.74 Å². The van der Waals surface area contributed by atoms with Crippen molar-refractivity contribution in [2.45, 2.75) is 6.29 Å². The highest BCUT2D eigenvalue weighted by molar-refractivity contribution is 5.93. The highest BCUT2D eigenvalue weighted by Crippen LogP contribution is 2.33. The second-order valence-corrected chi connectivity index (χ2v) is 4.12. The molecule has 0 fully saturated rings. The van der Waals surface area contributed by atoms with Gasteiger partial charge in [0.25, 0.3) is 6.29 Å². The van der Waals surface area contributed by atoms with Crippen molar-refractivity contribution in [3.8, 4) is 11.5 Å². The molecule has 19 heavy (non-hydrogen) atoms. The van der Waals surface area contributed by atoms with E-state index in [1.807, 2.05) is 24.3 Å². The normalized spacial score (nSPS) is 16.7. The zero-order valence-corrected chi connectivity index (χ0v) is 10.3. The van der Waals surface area contributed by atoms with Gasteiger partial charge in [0.05, 0.1) is 12.7 Å². The maximum absolute atomic E-state index is 11.7. The van der Waals surface area contributed by atoms with Gasteiger partial charge in [-0.3, -0.25) is 0 Å². The fourth-order valence-corrected chi connectivity index (χ4v) is 2.00. The van der Waals surface area contributed by atoms with Gasteiger partial charge in [-0.2, -0.15) is 0 Å². The number of carbonyl (C=O) groups is 1. The first kappa shape index (κ1) is 11.6. The van der Waals surface area contributed by atoms with Crippen LogP contribution in [0.2, 0.25) is 0 Å². The van der Waals surface area contributed by atoms with E-state index in [9.17, 15) is 4.79 Å². The van der Waals surface area contributed by atoms with Crippen molar-refractivity contribution in [2.75, 3.05) is 7.11 Å². The number of hydrogen-bond donors (Lipinski definition) is 0. The molecular formula is C15H12O4. The second-order valence-electron chi connectivity index (χ2n) is 4.12. The topological polar surface area (TPSA) is 44.8 Å². The highest BCUT2D eigenvalue weighted by atomic mass is 16.7. The summed E-state index contributed by atoms with van der Waals surface area (Å²) in [6.45, 7) is 0. The van der Waals surface area contributed by atoms with E-state index in [1.165, 1.54) is 0 Å². The number of ether oxygens (including phenoxy) is 3. The summed E-state index contributed by atoms with van der Waals surface area (Å²) in [6.07, 6.45) is -0.698. The number of cyclic esters (lactones) is 1. The van der Waals surface area contributed by atoms with Crippen molar-refractivity contribution in [1.82, 2.24) is 0 Å². The largest absolute Gasteiger partial charge is 0.497 e. The third-order valence-electron chi connectivity index (χ3n) is 2.93. The van der Waals surface area contributed by atoms with Crippen LogP contribution in [0.1, 0.15) is 22.2 Å². The van der Waals surface area contributed by atoms with E-state index in [1.54, 1.807) is 31.4 Å². The van der Waals surface area contributed by atoms with Crippen LogP contribution in [-0.4, -0.2) is 13.1 Å². The Morgan fingerprint density at radius 2 is 1.84 bits per heavy atom. The number of fused-ring (bicyclic) bond motifs is 1. The maximum atomic E-state index is 11.7. The lowest BCUT2D eigenvalue weighted by Gasteiger charge is -2.14. The molecular weight excluding hydrogens is 244 g/mol. The minimum Gasteiger partial charge on any atom is -0.497 e. The Bertz CT molecular complexity index is 621. The van der Waals surface area contributed by atoms with Crippen LogP contribution < -0.4 is 9.47 Å². The molecule has 0 spiro atoms. The van der Waals surface area contributed by atoms with Gasteiger partial charge in [0.2, 0.25) is 0 Å². The average molecular weight is 256 g/mol. The average Bonchev–Trinajstić information content (AvgIpc) is 2.76. The molecule has 1 aliphatic rings. The number of benzene rings is 2. The smallest absolute Gasteiger partial charge is 0.342 e. The Kier molecular flexibility index (Phi) is 2.83. The summed E-state index contributed by atoms with van der Waals surface area (Å²) >= 11 is 0. The van der Waals surface area contributed by atoms with E-state index in [2.05, 4.69) is 0 Å². The molecule has 0 bridgehead atoms. The molecule has 2 aromatic rings. The molecule has 1 unspecified atom stereocenters. The molecule has 4 heteroatoms. The molecule has 0 radical (unpaired) electrons. The van der Waals surface area contributed by atoms with Crippen molar-refractivity contribution >= 4 is 5.97 Å². The Balaban J connectivity index is 1.87. The summed E-state index contributed by atoms with van der Waals surface area (Å²) in [7, 11) is 1.59. The molecule has 2 aromatic carbocycles. The fraction of sp³-hybridized carbons (Fsp3) is 0.133. The molecule has 3 rings (SSSR count). The van der Waals surface area contributed by atoms with E-state index < -0.39 is 6.29 Å². The predicted molar refractivity (Wildman–Crippen MR) is 68.2 cm³/mol. The lowest BCUT2D eigenvalue weighted by atomic mass is 10.1.